The van der Waals surface area contributed by atoms with Gasteiger partial charge in [-0.15, -0.1) is 0 Å². The lowest BCUT2D eigenvalue weighted by Crippen LogP contribution is -2.13. The maximum absolute atomic E-state index is 4.50. The molecule has 0 atom stereocenters. The van der Waals surface area contributed by atoms with Gasteiger partial charge >= 0.3 is 0 Å². The molecule has 14 heavy (non-hydrogen) atoms. The van der Waals surface area contributed by atoms with Gasteiger partial charge in [0.15, 0.2) is 11.5 Å². The van der Waals surface area contributed by atoms with Crippen molar-refractivity contribution in [3.63, 3.8) is 0 Å². The van der Waals surface area contributed by atoms with E-state index in [4.69, 9.17) is 0 Å². The fraction of sp³-hybridized carbons (Fsp3) is 0.455. The van der Waals surface area contributed by atoms with Crippen LogP contribution < -0.4 is 0 Å². The minimum absolute atomic E-state index is 0.0124. The molecule has 0 N–H and O–H groups in total. The van der Waals surface area contributed by atoms with E-state index < -0.39 is 0 Å². The van der Waals surface area contributed by atoms with E-state index in [-0.39, 0.29) is 5.41 Å². The van der Waals surface area contributed by atoms with Gasteiger partial charge in [-0.05, 0) is 19.1 Å². The highest BCUT2D eigenvalue weighted by Crippen LogP contribution is 2.19. The van der Waals surface area contributed by atoms with E-state index in [0.717, 1.165) is 17.2 Å². The van der Waals surface area contributed by atoms with Crippen molar-refractivity contribution in [1.82, 2.24) is 14.6 Å². The van der Waals surface area contributed by atoms with Crippen molar-refractivity contribution in [3.05, 3.63) is 29.7 Å². The second kappa shape index (κ2) is 2.80. The average Bonchev–Trinajstić information content (AvgIpc) is 2.48. The van der Waals surface area contributed by atoms with Gasteiger partial charge in [-0.1, -0.05) is 26.8 Å². The van der Waals surface area contributed by atoms with Gasteiger partial charge in [-0.3, -0.25) is 0 Å². The van der Waals surface area contributed by atoms with Gasteiger partial charge in [0.1, 0.15) is 0 Å². The highest BCUT2D eigenvalue weighted by Gasteiger charge is 2.19. The van der Waals surface area contributed by atoms with E-state index in [1.165, 1.54) is 0 Å². The summed E-state index contributed by atoms with van der Waals surface area (Å²) in [5.41, 5.74) is 2.05. The fourth-order valence-corrected chi connectivity index (χ4v) is 1.35. The van der Waals surface area contributed by atoms with Crippen LogP contribution in [0.1, 0.15) is 32.3 Å². The predicted octanol–water partition coefficient (Wildman–Crippen LogP) is 2.34. The molecule has 74 valence electrons. The first-order valence-corrected chi connectivity index (χ1v) is 4.81. The van der Waals surface area contributed by atoms with Crippen LogP contribution in [0.25, 0.3) is 5.65 Å². The normalized spacial score (nSPS) is 12.3. The summed E-state index contributed by atoms with van der Waals surface area (Å²) in [6, 6.07) is 6.02. The first-order valence-electron chi connectivity index (χ1n) is 4.81. The molecular weight excluding hydrogens is 174 g/mol. The second-order valence-corrected chi connectivity index (χ2v) is 4.62. The molecule has 0 unspecified atom stereocenters. The Bertz CT molecular complexity index is 463. The van der Waals surface area contributed by atoms with Crippen molar-refractivity contribution in [2.24, 2.45) is 0 Å². The molecule has 0 fully saturated rings. The average molecular weight is 189 g/mol. The van der Waals surface area contributed by atoms with Crippen LogP contribution in [0.15, 0.2) is 18.2 Å². The molecule has 0 saturated heterocycles. The lowest BCUT2D eigenvalue weighted by molar-refractivity contribution is 0.544. The lowest BCUT2D eigenvalue weighted by Gasteiger charge is -2.11. The van der Waals surface area contributed by atoms with Gasteiger partial charge < -0.3 is 0 Å². The second-order valence-electron chi connectivity index (χ2n) is 4.62. The Morgan fingerprint density at radius 2 is 1.93 bits per heavy atom. The summed E-state index contributed by atoms with van der Waals surface area (Å²) in [4.78, 5) is 4.50. The predicted molar refractivity (Wildman–Crippen MR) is 56.4 cm³/mol. The highest BCUT2D eigenvalue weighted by molar-refractivity contribution is 5.39. The zero-order valence-corrected chi connectivity index (χ0v) is 9.07. The molecule has 0 radical (unpaired) electrons. The lowest BCUT2D eigenvalue weighted by atomic mass is 9.96. The number of aromatic nitrogens is 3. The molecular formula is C11H15N3. The number of hydrogen-bond donors (Lipinski definition) is 0. The molecule has 0 aliphatic rings. The molecule has 2 heterocycles. The number of pyridine rings is 1. The molecule has 2 aromatic heterocycles. The van der Waals surface area contributed by atoms with Crippen LogP contribution in [0.2, 0.25) is 0 Å². The van der Waals surface area contributed by atoms with E-state index in [0.29, 0.717) is 0 Å². The molecule has 2 rings (SSSR count). The topological polar surface area (TPSA) is 30.2 Å². The Morgan fingerprint density at radius 1 is 1.21 bits per heavy atom. The SMILES string of the molecule is Cc1cccc2nc(C(C)(C)C)nn12. The van der Waals surface area contributed by atoms with E-state index >= 15 is 0 Å². The Morgan fingerprint density at radius 3 is 2.50 bits per heavy atom. The Labute approximate surface area is 83.8 Å². The fourth-order valence-electron chi connectivity index (χ4n) is 1.35. The molecule has 3 nitrogen and oxygen atoms in total. The molecule has 0 aromatic carbocycles. The van der Waals surface area contributed by atoms with Crippen LogP contribution >= 0.6 is 0 Å². The summed E-state index contributed by atoms with van der Waals surface area (Å²) in [5.74, 6) is 0.895. The minimum atomic E-state index is 0.0124. The number of aryl methyl sites for hydroxylation is 1. The third-order valence-electron chi connectivity index (χ3n) is 2.22. The van der Waals surface area contributed by atoms with Crippen molar-refractivity contribution in [2.45, 2.75) is 33.1 Å². The number of hydrogen-bond acceptors (Lipinski definition) is 2. The van der Waals surface area contributed by atoms with Crippen LogP contribution in [0.4, 0.5) is 0 Å². The van der Waals surface area contributed by atoms with Gasteiger partial charge in [-0.25, -0.2) is 9.50 Å². The molecule has 0 spiro atoms. The molecule has 3 heteroatoms. The van der Waals surface area contributed by atoms with Crippen molar-refractivity contribution < 1.29 is 0 Å². The zero-order valence-electron chi connectivity index (χ0n) is 9.07. The number of fused-ring (bicyclic) bond motifs is 1. The van der Waals surface area contributed by atoms with Crippen LogP contribution in [-0.2, 0) is 5.41 Å². The highest BCUT2D eigenvalue weighted by atomic mass is 15.3. The molecule has 2 aromatic rings. The van der Waals surface area contributed by atoms with Crippen molar-refractivity contribution in [1.29, 1.82) is 0 Å². The third-order valence-corrected chi connectivity index (χ3v) is 2.22. The Kier molecular flexibility index (Phi) is 1.84. The van der Waals surface area contributed by atoms with Crippen molar-refractivity contribution in [3.8, 4) is 0 Å². The van der Waals surface area contributed by atoms with Gasteiger partial charge in [0.05, 0.1) is 0 Å². The standard InChI is InChI=1S/C11H15N3/c1-8-6-5-7-9-12-10(11(2,3)4)13-14(8)9/h5-7H,1-4H3. The van der Waals surface area contributed by atoms with Gasteiger partial charge in [-0.2, -0.15) is 5.10 Å². The van der Waals surface area contributed by atoms with Crippen molar-refractivity contribution >= 4 is 5.65 Å². The maximum atomic E-state index is 4.50. The third kappa shape index (κ3) is 1.39. The first kappa shape index (κ1) is 9.19. The Balaban J connectivity index is 2.69. The summed E-state index contributed by atoms with van der Waals surface area (Å²) in [5, 5.41) is 4.49. The van der Waals surface area contributed by atoms with Gasteiger partial charge in [0, 0.05) is 11.1 Å². The number of rotatable bonds is 0. The van der Waals surface area contributed by atoms with Gasteiger partial charge in [0.25, 0.3) is 0 Å². The minimum Gasteiger partial charge on any atom is -0.218 e. The summed E-state index contributed by atoms with van der Waals surface area (Å²) >= 11 is 0. The molecule has 0 aliphatic carbocycles. The van der Waals surface area contributed by atoms with E-state index in [1.54, 1.807) is 0 Å². The summed E-state index contributed by atoms with van der Waals surface area (Å²) in [6.07, 6.45) is 0. The van der Waals surface area contributed by atoms with Crippen LogP contribution in [0.5, 0.6) is 0 Å². The molecule has 0 amide bonds. The molecule has 0 bridgehead atoms. The first-order chi connectivity index (χ1) is 6.48. The van der Waals surface area contributed by atoms with E-state index in [1.807, 2.05) is 29.6 Å². The van der Waals surface area contributed by atoms with Crippen LogP contribution in [0, 0.1) is 6.92 Å². The largest absolute Gasteiger partial charge is 0.218 e. The Hall–Kier alpha value is -1.38. The summed E-state index contributed by atoms with van der Waals surface area (Å²) in [7, 11) is 0. The number of nitrogens with zero attached hydrogens (tertiary/aromatic N) is 3. The monoisotopic (exact) mass is 189 g/mol. The zero-order chi connectivity index (χ0) is 10.3. The van der Waals surface area contributed by atoms with E-state index in [2.05, 4.69) is 30.9 Å². The van der Waals surface area contributed by atoms with Crippen molar-refractivity contribution in [2.75, 3.05) is 0 Å². The quantitative estimate of drug-likeness (QED) is 0.636. The maximum Gasteiger partial charge on any atom is 0.157 e. The smallest absolute Gasteiger partial charge is 0.157 e. The van der Waals surface area contributed by atoms with Gasteiger partial charge in [0.2, 0.25) is 0 Å². The molecule has 0 saturated carbocycles. The van der Waals surface area contributed by atoms with Crippen LogP contribution in [0.3, 0.4) is 0 Å². The van der Waals surface area contributed by atoms with Crippen LogP contribution in [-0.4, -0.2) is 14.6 Å². The molecule has 0 aliphatic heterocycles. The summed E-state index contributed by atoms with van der Waals surface area (Å²) in [6.45, 7) is 8.40. The summed E-state index contributed by atoms with van der Waals surface area (Å²) < 4.78 is 1.89. The van der Waals surface area contributed by atoms with E-state index in [9.17, 15) is 0 Å².